The van der Waals surface area contributed by atoms with E-state index in [2.05, 4.69) is 0 Å². The third kappa shape index (κ3) is 2.50. The molecule has 0 bridgehead atoms. The van der Waals surface area contributed by atoms with Gasteiger partial charge in [0.15, 0.2) is 0 Å². The first-order valence-corrected chi connectivity index (χ1v) is 7.64. The highest BCUT2D eigenvalue weighted by molar-refractivity contribution is 7.89. The van der Waals surface area contributed by atoms with Gasteiger partial charge in [-0.15, -0.1) is 0 Å². The molecular formula is C12H11ClN2O4S. The molecule has 0 aromatic heterocycles. The number of halogens is 1. The van der Waals surface area contributed by atoms with E-state index in [1.165, 1.54) is 18.2 Å². The van der Waals surface area contributed by atoms with E-state index in [0.29, 0.717) is 6.42 Å². The SMILES string of the molecule is N#Cc1ccc(S(=O)(=O)N2CCC[C@H]2C(=O)O)c(Cl)c1. The van der Waals surface area contributed by atoms with Crippen LogP contribution in [-0.4, -0.2) is 36.4 Å². The van der Waals surface area contributed by atoms with Crippen LogP contribution in [0.4, 0.5) is 0 Å². The Kier molecular flexibility index (Phi) is 3.99. The lowest BCUT2D eigenvalue weighted by Gasteiger charge is -2.21. The lowest BCUT2D eigenvalue weighted by molar-refractivity contribution is -0.140. The van der Waals surface area contributed by atoms with Crippen LogP contribution < -0.4 is 0 Å². The molecule has 1 fully saturated rings. The van der Waals surface area contributed by atoms with Crippen LogP contribution in [0.5, 0.6) is 0 Å². The van der Waals surface area contributed by atoms with Crippen molar-refractivity contribution in [3.63, 3.8) is 0 Å². The van der Waals surface area contributed by atoms with Gasteiger partial charge in [0.2, 0.25) is 10.0 Å². The molecule has 0 unspecified atom stereocenters. The van der Waals surface area contributed by atoms with Gasteiger partial charge in [-0.2, -0.15) is 9.57 Å². The average Bonchev–Trinajstić information content (AvgIpc) is 2.88. The van der Waals surface area contributed by atoms with Gasteiger partial charge in [-0.25, -0.2) is 8.42 Å². The highest BCUT2D eigenvalue weighted by Crippen LogP contribution is 2.30. The molecule has 1 aliphatic heterocycles. The molecule has 0 radical (unpaired) electrons. The largest absolute Gasteiger partial charge is 0.480 e. The van der Waals surface area contributed by atoms with Crippen LogP contribution in [0, 0.1) is 11.3 Å². The third-order valence-corrected chi connectivity index (χ3v) is 5.53. The zero-order valence-electron chi connectivity index (χ0n) is 10.3. The Hall–Kier alpha value is -1.62. The maximum absolute atomic E-state index is 12.5. The topological polar surface area (TPSA) is 98.5 Å². The van der Waals surface area contributed by atoms with E-state index in [-0.39, 0.29) is 28.4 Å². The second-order valence-corrected chi connectivity index (χ2v) is 6.64. The number of nitrogens with zero attached hydrogens (tertiary/aromatic N) is 2. The number of hydrogen-bond acceptors (Lipinski definition) is 4. The van der Waals surface area contributed by atoms with Crippen molar-refractivity contribution in [3.8, 4) is 6.07 Å². The molecule has 1 saturated heterocycles. The normalized spacial score (nSPS) is 19.7. The standard InChI is InChI=1S/C12H11ClN2O4S/c13-9-6-8(7-14)3-4-11(9)20(18,19)15-5-1-2-10(15)12(16)17/h3-4,6,10H,1-2,5H2,(H,16,17)/t10-/m0/s1. The monoisotopic (exact) mass is 314 g/mol. The first kappa shape index (κ1) is 14.8. The summed E-state index contributed by atoms with van der Waals surface area (Å²) < 4.78 is 25.9. The smallest absolute Gasteiger partial charge is 0.322 e. The van der Waals surface area contributed by atoms with Crippen LogP contribution in [0.3, 0.4) is 0 Å². The second kappa shape index (κ2) is 5.40. The molecule has 1 aromatic rings. The van der Waals surface area contributed by atoms with Gasteiger partial charge in [0.05, 0.1) is 16.7 Å². The average molecular weight is 315 g/mol. The highest BCUT2D eigenvalue weighted by Gasteiger charge is 2.40. The number of rotatable bonds is 3. The van der Waals surface area contributed by atoms with Crippen LogP contribution in [0.1, 0.15) is 18.4 Å². The Balaban J connectivity index is 2.46. The van der Waals surface area contributed by atoms with Gasteiger partial charge in [0, 0.05) is 6.54 Å². The Labute approximate surface area is 121 Å². The summed E-state index contributed by atoms with van der Waals surface area (Å²) in [7, 11) is -3.98. The minimum absolute atomic E-state index is 0.0833. The molecule has 0 amide bonds. The molecule has 106 valence electrons. The molecule has 1 heterocycles. The molecule has 2 rings (SSSR count). The van der Waals surface area contributed by atoms with Crippen molar-refractivity contribution in [1.29, 1.82) is 5.26 Å². The van der Waals surface area contributed by atoms with Gasteiger partial charge in [-0.1, -0.05) is 11.6 Å². The third-order valence-electron chi connectivity index (χ3n) is 3.14. The highest BCUT2D eigenvalue weighted by atomic mass is 35.5. The van der Waals surface area contributed by atoms with E-state index < -0.39 is 22.0 Å². The van der Waals surface area contributed by atoms with Crippen molar-refractivity contribution >= 4 is 27.6 Å². The first-order chi connectivity index (χ1) is 9.37. The van der Waals surface area contributed by atoms with E-state index in [1.807, 2.05) is 6.07 Å². The molecule has 1 aromatic carbocycles. The minimum atomic E-state index is -3.98. The number of carboxylic acid groups (broad SMARTS) is 1. The fourth-order valence-electron chi connectivity index (χ4n) is 2.18. The minimum Gasteiger partial charge on any atom is -0.480 e. The predicted octanol–water partition coefficient (Wildman–Crippen LogP) is 1.45. The lowest BCUT2D eigenvalue weighted by atomic mass is 10.2. The fraction of sp³-hybridized carbons (Fsp3) is 0.333. The number of nitriles is 1. The summed E-state index contributed by atoms with van der Waals surface area (Å²) in [5.41, 5.74) is 0.241. The lowest BCUT2D eigenvalue weighted by Crippen LogP contribution is -2.40. The molecule has 1 aliphatic rings. The maximum Gasteiger partial charge on any atom is 0.322 e. The van der Waals surface area contributed by atoms with E-state index in [4.69, 9.17) is 22.0 Å². The second-order valence-electron chi connectivity index (χ2n) is 4.37. The van der Waals surface area contributed by atoms with Crippen LogP contribution in [-0.2, 0) is 14.8 Å². The van der Waals surface area contributed by atoms with Crippen LogP contribution >= 0.6 is 11.6 Å². The number of hydrogen-bond donors (Lipinski definition) is 1. The van der Waals surface area contributed by atoms with Crippen molar-refractivity contribution < 1.29 is 18.3 Å². The predicted molar refractivity (Wildman–Crippen MR) is 70.7 cm³/mol. The Morgan fingerprint density at radius 2 is 2.20 bits per heavy atom. The summed E-state index contributed by atoms with van der Waals surface area (Å²) in [5, 5.41) is 17.7. The van der Waals surface area contributed by atoms with E-state index in [0.717, 1.165) is 4.31 Å². The summed E-state index contributed by atoms with van der Waals surface area (Å²) >= 11 is 5.89. The van der Waals surface area contributed by atoms with Crippen molar-refractivity contribution in [2.24, 2.45) is 0 Å². The molecule has 0 aliphatic carbocycles. The zero-order chi connectivity index (χ0) is 14.9. The van der Waals surface area contributed by atoms with Gasteiger partial charge in [-0.3, -0.25) is 4.79 Å². The number of carboxylic acids is 1. The summed E-state index contributed by atoms with van der Waals surface area (Å²) in [6.07, 6.45) is 0.770. The first-order valence-electron chi connectivity index (χ1n) is 5.82. The molecule has 6 nitrogen and oxygen atoms in total. The van der Waals surface area contributed by atoms with Gasteiger partial charge >= 0.3 is 5.97 Å². The quantitative estimate of drug-likeness (QED) is 0.910. The van der Waals surface area contributed by atoms with E-state index >= 15 is 0 Å². The van der Waals surface area contributed by atoms with Crippen LogP contribution in [0.2, 0.25) is 5.02 Å². The van der Waals surface area contributed by atoms with Crippen LogP contribution in [0.25, 0.3) is 0 Å². The summed E-state index contributed by atoms with van der Waals surface area (Å²) in [4.78, 5) is 10.9. The number of carbonyl (C=O) groups is 1. The zero-order valence-corrected chi connectivity index (χ0v) is 11.9. The Bertz CT molecular complexity index is 696. The van der Waals surface area contributed by atoms with Gasteiger partial charge in [0.25, 0.3) is 0 Å². The van der Waals surface area contributed by atoms with Crippen LogP contribution in [0.15, 0.2) is 23.1 Å². The van der Waals surface area contributed by atoms with E-state index in [9.17, 15) is 13.2 Å². The summed E-state index contributed by atoms with van der Waals surface area (Å²) in [6.45, 7) is 0.148. The number of sulfonamides is 1. The Morgan fingerprint density at radius 3 is 2.75 bits per heavy atom. The molecule has 0 saturated carbocycles. The number of benzene rings is 1. The van der Waals surface area contributed by atoms with Gasteiger partial charge < -0.3 is 5.11 Å². The van der Waals surface area contributed by atoms with Gasteiger partial charge in [-0.05, 0) is 31.0 Å². The molecule has 1 atom stereocenters. The summed E-state index contributed by atoms with van der Waals surface area (Å²) in [6, 6.07) is 4.61. The van der Waals surface area contributed by atoms with Crippen molar-refractivity contribution in [2.75, 3.05) is 6.54 Å². The fourth-order valence-corrected chi connectivity index (χ4v) is 4.35. The van der Waals surface area contributed by atoms with Gasteiger partial charge in [0.1, 0.15) is 10.9 Å². The Morgan fingerprint density at radius 1 is 1.50 bits per heavy atom. The number of aliphatic carboxylic acids is 1. The molecular weight excluding hydrogens is 304 g/mol. The van der Waals surface area contributed by atoms with Crippen molar-refractivity contribution in [2.45, 2.75) is 23.8 Å². The van der Waals surface area contributed by atoms with E-state index in [1.54, 1.807) is 0 Å². The van der Waals surface area contributed by atoms with Crippen molar-refractivity contribution in [1.82, 2.24) is 4.31 Å². The molecule has 20 heavy (non-hydrogen) atoms. The molecule has 1 N–H and O–H groups in total. The molecule has 0 spiro atoms. The maximum atomic E-state index is 12.5. The van der Waals surface area contributed by atoms with Crippen molar-refractivity contribution in [3.05, 3.63) is 28.8 Å². The molecule has 8 heteroatoms. The summed E-state index contributed by atoms with van der Waals surface area (Å²) in [5.74, 6) is -1.17.